The van der Waals surface area contributed by atoms with Gasteiger partial charge in [0.05, 0.1) is 12.1 Å². The average Bonchev–Trinajstić information content (AvgIpc) is 2.84. The molecule has 0 saturated carbocycles. The Labute approximate surface area is 90.7 Å². The summed E-state index contributed by atoms with van der Waals surface area (Å²) in [6.45, 7) is 4.89. The van der Waals surface area contributed by atoms with E-state index in [0.29, 0.717) is 13.2 Å². The number of aliphatic hydroxyl groups excluding tert-OH is 1. The molecule has 0 amide bonds. The molecule has 2 heterocycles. The summed E-state index contributed by atoms with van der Waals surface area (Å²) in [5.74, 6) is -0.734. The van der Waals surface area contributed by atoms with Crippen molar-refractivity contribution in [2.75, 3.05) is 27.4 Å². The van der Waals surface area contributed by atoms with Gasteiger partial charge < -0.3 is 24.6 Å². The Bertz CT molecular complexity index is 196. The van der Waals surface area contributed by atoms with Crippen molar-refractivity contribution in [3.8, 4) is 0 Å². The number of fused-ring (bicyclic) bond motifs is 1. The molecular formula is C10H21NO4. The summed E-state index contributed by atoms with van der Waals surface area (Å²) in [6, 6.07) is -0.0718. The Morgan fingerprint density at radius 2 is 1.93 bits per heavy atom. The highest BCUT2D eigenvalue weighted by molar-refractivity contribution is 5.05. The highest BCUT2D eigenvalue weighted by atomic mass is 16.7. The third kappa shape index (κ3) is 2.03. The van der Waals surface area contributed by atoms with Crippen LogP contribution < -0.4 is 5.32 Å². The molecule has 2 N–H and O–H groups in total. The Morgan fingerprint density at radius 1 is 1.33 bits per heavy atom. The van der Waals surface area contributed by atoms with Crippen LogP contribution in [0.1, 0.15) is 13.8 Å². The number of methoxy groups -OCH3 is 2. The summed E-state index contributed by atoms with van der Waals surface area (Å²) in [5.41, 5.74) is 0. The topological polar surface area (TPSA) is 60.0 Å². The fraction of sp³-hybridized carbons (Fsp3) is 1.00. The van der Waals surface area contributed by atoms with E-state index in [0.717, 1.165) is 0 Å². The average molecular weight is 219 g/mol. The van der Waals surface area contributed by atoms with Crippen LogP contribution >= 0.6 is 0 Å². The van der Waals surface area contributed by atoms with Gasteiger partial charge in [-0.2, -0.15) is 0 Å². The van der Waals surface area contributed by atoms with E-state index in [-0.39, 0.29) is 12.1 Å². The van der Waals surface area contributed by atoms with Gasteiger partial charge in [0.15, 0.2) is 0 Å². The maximum atomic E-state index is 9.52. The molecule has 0 bridgehead atoms. The fourth-order valence-electron chi connectivity index (χ4n) is 2.07. The predicted molar refractivity (Wildman–Crippen MR) is 55.6 cm³/mol. The number of nitrogens with one attached hydrogen (secondary N) is 1. The van der Waals surface area contributed by atoms with E-state index in [1.54, 1.807) is 14.2 Å². The Kier molecular flexibility index (Phi) is 4.48. The van der Waals surface area contributed by atoms with Crippen LogP contribution in [0.15, 0.2) is 0 Å². The second kappa shape index (κ2) is 5.23. The molecule has 3 atom stereocenters. The van der Waals surface area contributed by atoms with Crippen molar-refractivity contribution in [3.63, 3.8) is 0 Å². The molecule has 0 aromatic carbocycles. The van der Waals surface area contributed by atoms with Crippen molar-refractivity contribution in [2.45, 2.75) is 37.9 Å². The van der Waals surface area contributed by atoms with Gasteiger partial charge in [-0.25, -0.2) is 0 Å². The van der Waals surface area contributed by atoms with Crippen molar-refractivity contribution in [1.82, 2.24) is 5.32 Å². The minimum absolute atomic E-state index is 0.0718. The molecule has 5 heteroatoms. The van der Waals surface area contributed by atoms with Gasteiger partial charge in [-0.1, -0.05) is 13.8 Å². The lowest BCUT2D eigenvalue weighted by Crippen LogP contribution is -2.51. The van der Waals surface area contributed by atoms with E-state index in [9.17, 15) is 5.11 Å². The maximum absolute atomic E-state index is 9.52. The molecule has 90 valence electrons. The highest BCUT2D eigenvalue weighted by Crippen LogP contribution is 2.33. The van der Waals surface area contributed by atoms with Gasteiger partial charge in [-0.3, -0.25) is 0 Å². The van der Waals surface area contributed by atoms with Crippen molar-refractivity contribution < 1.29 is 19.3 Å². The van der Waals surface area contributed by atoms with E-state index in [1.807, 2.05) is 13.8 Å². The van der Waals surface area contributed by atoms with Crippen molar-refractivity contribution in [3.05, 3.63) is 0 Å². The van der Waals surface area contributed by atoms with Gasteiger partial charge in [-0.05, 0) is 0 Å². The van der Waals surface area contributed by atoms with Crippen molar-refractivity contribution in [2.24, 2.45) is 0 Å². The third-order valence-corrected chi connectivity index (χ3v) is 2.90. The molecule has 2 aliphatic heterocycles. The van der Waals surface area contributed by atoms with Gasteiger partial charge in [-0.15, -0.1) is 0 Å². The molecule has 0 aliphatic carbocycles. The molecule has 2 rings (SSSR count). The molecule has 1 unspecified atom stereocenters. The van der Waals surface area contributed by atoms with E-state index in [4.69, 9.17) is 14.2 Å². The van der Waals surface area contributed by atoms with Crippen LogP contribution in [0.25, 0.3) is 0 Å². The van der Waals surface area contributed by atoms with Crippen LogP contribution in [0.5, 0.6) is 0 Å². The summed E-state index contributed by atoms with van der Waals surface area (Å²) in [5, 5.41) is 12.7. The largest absolute Gasteiger partial charge is 0.389 e. The fourth-order valence-corrected chi connectivity index (χ4v) is 2.07. The van der Waals surface area contributed by atoms with Crippen LogP contribution in [-0.2, 0) is 14.2 Å². The zero-order chi connectivity index (χ0) is 11.5. The van der Waals surface area contributed by atoms with Gasteiger partial charge in [0.2, 0.25) is 5.79 Å². The molecule has 2 aliphatic rings. The molecule has 0 radical (unpaired) electrons. The van der Waals surface area contributed by atoms with E-state index < -0.39 is 11.9 Å². The van der Waals surface area contributed by atoms with Crippen LogP contribution in [-0.4, -0.2) is 56.5 Å². The van der Waals surface area contributed by atoms with Crippen LogP contribution in [0.3, 0.4) is 0 Å². The van der Waals surface area contributed by atoms with Gasteiger partial charge >= 0.3 is 0 Å². The first-order chi connectivity index (χ1) is 7.23. The lowest BCUT2D eigenvalue weighted by Gasteiger charge is -2.29. The second-order valence-electron chi connectivity index (χ2n) is 3.45. The van der Waals surface area contributed by atoms with E-state index in [1.165, 1.54) is 0 Å². The zero-order valence-corrected chi connectivity index (χ0v) is 9.82. The predicted octanol–water partition coefficient (Wildman–Crippen LogP) is -0.267. The molecule has 15 heavy (non-hydrogen) atoms. The van der Waals surface area contributed by atoms with Crippen LogP contribution in [0.2, 0.25) is 0 Å². The Morgan fingerprint density at radius 3 is 2.47 bits per heavy atom. The van der Waals surface area contributed by atoms with Gasteiger partial charge in [0, 0.05) is 20.8 Å². The lowest BCUT2D eigenvalue weighted by molar-refractivity contribution is -0.213. The number of hydrogen-bond acceptors (Lipinski definition) is 5. The molecule has 2 saturated heterocycles. The van der Waals surface area contributed by atoms with Crippen molar-refractivity contribution >= 4 is 0 Å². The first kappa shape index (κ1) is 12.9. The standard InChI is InChI=1S/C8H15NO4.C2H6/c1-11-8(12-2)4-13-6-5(10)3-9-7(6)8;1-2/h5-7,9-10H,3-4H2,1-2H3;1-2H3/t5?,6-,7+;/m1./s1. The van der Waals surface area contributed by atoms with Crippen molar-refractivity contribution in [1.29, 1.82) is 0 Å². The van der Waals surface area contributed by atoms with E-state index in [2.05, 4.69) is 5.32 Å². The van der Waals surface area contributed by atoms with Gasteiger partial charge in [0.25, 0.3) is 0 Å². The molecule has 5 nitrogen and oxygen atoms in total. The Balaban J connectivity index is 0.000000531. The smallest absolute Gasteiger partial charge is 0.209 e. The normalized spacial score (nSPS) is 37.0. The third-order valence-electron chi connectivity index (χ3n) is 2.90. The summed E-state index contributed by atoms with van der Waals surface area (Å²) >= 11 is 0. The molecule has 0 spiro atoms. The molecule has 0 aromatic heterocycles. The summed E-state index contributed by atoms with van der Waals surface area (Å²) in [6.07, 6.45) is -0.669. The monoisotopic (exact) mass is 219 g/mol. The van der Waals surface area contributed by atoms with Gasteiger partial charge in [0.1, 0.15) is 12.7 Å². The second-order valence-corrected chi connectivity index (χ2v) is 3.45. The Hall–Kier alpha value is -0.200. The summed E-state index contributed by atoms with van der Waals surface area (Å²) in [4.78, 5) is 0. The minimum atomic E-state index is -0.734. The highest BCUT2D eigenvalue weighted by Gasteiger charge is 2.56. The number of ether oxygens (including phenoxy) is 3. The number of hydrogen-bond donors (Lipinski definition) is 2. The first-order valence-corrected chi connectivity index (χ1v) is 5.37. The molecule has 0 aromatic rings. The summed E-state index contributed by atoms with van der Waals surface area (Å²) < 4.78 is 16.0. The SMILES string of the molecule is CC.COC1(OC)CO[C@@H]2C(O)CN[C@@H]21. The van der Waals surface area contributed by atoms with E-state index >= 15 is 0 Å². The molecular weight excluding hydrogens is 198 g/mol. The lowest BCUT2D eigenvalue weighted by atomic mass is 10.1. The van der Waals surface area contributed by atoms with Crippen LogP contribution in [0, 0.1) is 0 Å². The number of rotatable bonds is 2. The maximum Gasteiger partial charge on any atom is 0.209 e. The first-order valence-electron chi connectivity index (χ1n) is 5.37. The summed E-state index contributed by atoms with van der Waals surface area (Å²) in [7, 11) is 3.17. The number of aliphatic hydroxyl groups is 1. The zero-order valence-electron chi connectivity index (χ0n) is 9.82. The number of β-amino-alcohol motifs (C(OH)–C–C–N with tert-alkyl or cyclic N) is 1. The quantitative estimate of drug-likeness (QED) is 0.626. The molecule has 2 fully saturated rings. The van der Waals surface area contributed by atoms with Crippen LogP contribution in [0.4, 0.5) is 0 Å². The minimum Gasteiger partial charge on any atom is -0.389 e.